The molecule has 0 radical (unpaired) electrons. The summed E-state index contributed by atoms with van der Waals surface area (Å²) in [6, 6.07) is 1.91. The average Bonchev–Trinajstić information content (AvgIpc) is 3.07. The van der Waals surface area contributed by atoms with Gasteiger partial charge in [0.25, 0.3) is 0 Å². The third-order valence-electron chi connectivity index (χ3n) is 4.72. The maximum absolute atomic E-state index is 12.3. The second-order valence-electron chi connectivity index (χ2n) is 6.87. The molecule has 2 aromatic heterocycles. The SMILES string of the molecule is CCc1nccn1CC(=O)NCC1(O)CCCN(c2cc(C)ncn2)C1. The van der Waals surface area contributed by atoms with Gasteiger partial charge < -0.3 is 19.9 Å². The Balaban J connectivity index is 1.57. The number of carbonyl (C=O) groups is 1. The number of amides is 1. The Morgan fingerprint density at radius 2 is 2.23 bits per heavy atom. The number of aromatic nitrogens is 4. The number of imidazole rings is 1. The van der Waals surface area contributed by atoms with Gasteiger partial charge in [-0.1, -0.05) is 6.92 Å². The van der Waals surface area contributed by atoms with E-state index in [1.54, 1.807) is 12.4 Å². The molecular formula is C18H26N6O2. The molecule has 140 valence electrons. The van der Waals surface area contributed by atoms with Crippen LogP contribution in [0, 0.1) is 6.92 Å². The van der Waals surface area contributed by atoms with Crippen LogP contribution in [-0.2, 0) is 17.8 Å². The van der Waals surface area contributed by atoms with Crippen LogP contribution in [-0.4, -0.2) is 55.8 Å². The van der Waals surface area contributed by atoms with E-state index < -0.39 is 5.60 Å². The van der Waals surface area contributed by atoms with Crippen molar-refractivity contribution in [2.75, 3.05) is 24.5 Å². The van der Waals surface area contributed by atoms with Crippen molar-refractivity contribution in [1.29, 1.82) is 0 Å². The largest absolute Gasteiger partial charge is 0.386 e. The highest BCUT2D eigenvalue weighted by Crippen LogP contribution is 2.24. The van der Waals surface area contributed by atoms with Gasteiger partial charge in [0.05, 0.1) is 5.60 Å². The van der Waals surface area contributed by atoms with Gasteiger partial charge in [-0.05, 0) is 19.8 Å². The molecule has 2 N–H and O–H groups in total. The van der Waals surface area contributed by atoms with Crippen molar-refractivity contribution in [3.63, 3.8) is 0 Å². The topological polar surface area (TPSA) is 96.2 Å². The van der Waals surface area contributed by atoms with Crippen LogP contribution in [0.15, 0.2) is 24.8 Å². The summed E-state index contributed by atoms with van der Waals surface area (Å²) in [5.41, 5.74) is -0.0700. The lowest BCUT2D eigenvalue weighted by molar-refractivity contribution is -0.123. The Morgan fingerprint density at radius 3 is 3.00 bits per heavy atom. The number of anilines is 1. The quantitative estimate of drug-likeness (QED) is 0.789. The summed E-state index contributed by atoms with van der Waals surface area (Å²) in [6.45, 7) is 5.64. The summed E-state index contributed by atoms with van der Waals surface area (Å²) in [5, 5.41) is 13.8. The van der Waals surface area contributed by atoms with Gasteiger partial charge in [-0.3, -0.25) is 4.79 Å². The molecular weight excluding hydrogens is 332 g/mol. The number of hydrogen-bond donors (Lipinski definition) is 2. The van der Waals surface area contributed by atoms with Crippen LogP contribution in [0.25, 0.3) is 0 Å². The first-order valence-electron chi connectivity index (χ1n) is 9.02. The highest BCUT2D eigenvalue weighted by molar-refractivity contribution is 5.75. The standard InChI is InChI=1S/C18H26N6O2/c1-3-15-19-6-8-23(15)10-17(25)20-11-18(26)5-4-7-24(12-18)16-9-14(2)21-13-22-16/h6,8-9,13,26H,3-5,7,10-12H2,1-2H3,(H,20,25). The lowest BCUT2D eigenvalue weighted by Crippen LogP contribution is -2.54. The molecule has 2 aromatic rings. The Hall–Kier alpha value is -2.48. The van der Waals surface area contributed by atoms with E-state index in [2.05, 4.69) is 25.2 Å². The van der Waals surface area contributed by atoms with Crippen LogP contribution in [0.5, 0.6) is 0 Å². The third kappa shape index (κ3) is 4.37. The van der Waals surface area contributed by atoms with Gasteiger partial charge in [0.15, 0.2) is 0 Å². The first-order valence-corrected chi connectivity index (χ1v) is 9.02. The minimum atomic E-state index is -0.963. The Labute approximate surface area is 153 Å². The zero-order valence-electron chi connectivity index (χ0n) is 15.4. The van der Waals surface area contributed by atoms with Gasteiger partial charge in [-0.2, -0.15) is 0 Å². The average molecular weight is 358 g/mol. The summed E-state index contributed by atoms with van der Waals surface area (Å²) in [4.78, 5) is 26.9. The molecule has 0 aromatic carbocycles. The molecule has 1 amide bonds. The molecule has 0 spiro atoms. The first-order chi connectivity index (χ1) is 12.5. The van der Waals surface area contributed by atoms with Crippen molar-refractivity contribution in [1.82, 2.24) is 24.8 Å². The predicted octanol–water partition coefficient (Wildman–Crippen LogP) is 0.692. The highest BCUT2D eigenvalue weighted by atomic mass is 16.3. The molecule has 3 heterocycles. The second kappa shape index (κ2) is 7.82. The van der Waals surface area contributed by atoms with Gasteiger partial charge >= 0.3 is 0 Å². The van der Waals surface area contributed by atoms with Crippen LogP contribution in [0.4, 0.5) is 5.82 Å². The first kappa shape index (κ1) is 18.3. The fourth-order valence-electron chi connectivity index (χ4n) is 3.34. The van der Waals surface area contributed by atoms with Crippen molar-refractivity contribution in [3.05, 3.63) is 36.3 Å². The molecule has 1 atom stereocenters. The van der Waals surface area contributed by atoms with Gasteiger partial charge in [-0.15, -0.1) is 0 Å². The van der Waals surface area contributed by atoms with E-state index in [9.17, 15) is 9.90 Å². The number of β-amino-alcohol motifs (C(OH)–C–C–N with tert-alkyl or cyclic N) is 1. The van der Waals surface area contributed by atoms with Crippen LogP contribution >= 0.6 is 0 Å². The predicted molar refractivity (Wildman–Crippen MR) is 97.8 cm³/mol. The van der Waals surface area contributed by atoms with Gasteiger partial charge in [0.2, 0.25) is 5.91 Å². The number of carbonyl (C=O) groups excluding carboxylic acids is 1. The van der Waals surface area contributed by atoms with Crippen LogP contribution < -0.4 is 10.2 Å². The van der Waals surface area contributed by atoms with Gasteiger partial charge in [0.1, 0.15) is 24.5 Å². The maximum Gasteiger partial charge on any atom is 0.240 e. The molecule has 3 rings (SSSR count). The minimum absolute atomic E-state index is 0.124. The molecule has 1 aliphatic rings. The summed E-state index contributed by atoms with van der Waals surface area (Å²) in [6.07, 6.45) is 7.30. The minimum Gasteiger partial charge on any atom is -0.386 e. The second-order valence-corrected chi connectivity index (χ2v) is 6.87. The van der Waals surface area contributed by atoms with E-state index in [4.69, 9.17) is 0 Å². The van der Waals surface area contributed by atoms with Crippen LogP contribution in [0.3, 0.4) is 0 Å². The summed E-state index contributed by atoms with van der Waals surface area (Å²) in [7, 11) is 0. The maximum atomic E-state index is 12.3. The fraction of sp³-hybridized carbons (Fsp3) is 0.556. The Bertz CT molecular complexity index is 762. The molecule has 0 bridgehead atoms. The lowest BCUT2D eigenvalue weighted by atomic mass is 9.92. The molecule has 8 nitrogen and oxygen atoms in total. The van der Waals surface area contributed by atoms with Crippen LogP contribution in [0.2, 0.25) is 0 Å². The van der Waals surface area contributed by atoms with E-state index in [1.807, 2.05) is 24.5 Å². The number of aliphatic hydroxyl groups is 1. The van der Waals surface area contributed by atoms with Gasteiger partial charge in [0, 0.05) is 50.2 Å². The zero-order valence-corrected chi connectivity index (χ0v) is 15.4. The monoisotopic (exact) mass is 358 g/mol. The normalized spacial score (nSPS) is 20.2. The number of nitrogens with one attached hydrogen (secondary N) is 1. The molecule has 1 fully saturated rings. The van der Waals surface area contributed by atoms with Crippen molar-refractivity contribution < 1.29 is 9.90 Å². The van der Waals surface area contributed by atoms with Crippen molar-refractivity contribution >= 4 is 11.7 Å². The number of piperidine rings is 1. The fourth-order valence-corrected chi connectivity index (χ4v) is 3.34. The summed E-state index contributed by atoms with van der Waals surface area (Å²) >= 11 is 0. The summed E-state index contributed by atoms with van der Waals surface area (Å²) in [5.74, 6) is 1.57. The molecule has 8 heteroatoms. The van der Waals surface area contributed by atoms with Crippen molar-refractivity contribution in [3.8, 4) is 0 Å². The van der Waals surface area contributed by atoms with E-state index in [-0.39, 0.29) is 19.0 Å². The Morgan fingerprint density at radius 1 is 1.38 bits per heavy atom. The number of rotatable bonds is 6. The van der Waals surface area contributed by atoms with E-state index >= 15 is 0 Å². The van der Waals surface area contributed by atoms with E-state index in [0.717, 1.165) is 36.7 Å². The number of aryl methyl sites for hydroxylation is 2. The van der Waals surface area contributed by atoms with E-state index in [0.29, 0.717) is 13.0 Å². The molecule has 0 aliphatic carbocycles. The van der Waals surface area contributed by atoms with Crippen molar-refractivity contribution in [2.24, 2.45) is 0 Å². The van der Waals surface area contributed by atoms with Crippen LogP contribution in [0.1, 0.15) is 31.3 Å². The Kier molecular flexibility index (Phi) is 5.51. The molecule has 1 unspecified atom stereocenters. The molecule has 1 aliphatic heterocycles. The van der Waals surface area contributed by atoms with E-state index in [1.165, 1.54) is 6.33 Å². The highest BCUT2D eigenvalue weighted by Gasteiger charge is 2.34. The van der Waals surface area contributed by atoms with Gasteiger partial charge in [-0.25, -0.2) is 15.0 Å². The van der Waals surface area contributed by atoms with Crippen molar-refractivity contribution in [2.45, 2.75) is 45.3 Å². The number of nitrogens with zero attached hydrogens (tertiary/aromatic N) is 5. The molecule has 1 saturated heterocycles. The number of hydrogen-bond acceptors (Lipinski definition) is 6. The zero-order chi connectivity index (χ0) is 18.6. The molecule has 0 saturated carbocycles. The smallest absolute Gasteiger partial charge is 0.240 e. The summed E-state index contributed by atoms with van der Waals surface area (Å²) < 4.78 is 1.83. The third-order valence-corrected chi connectivity index (χ3v) is 4.72. The lowest BCUT2D eigenvalue weighted by Gasteiger charge is -2.39. The molecule has 26 heavy (non-hydrogen) atoms.